The van der Waals surface area contributed by atoms with Gasteiger partial charge in [-0.05, 0) is 43.4 Å². The number of nitrogens with zero attached hydrogens (tertiary/aromatic N) is 1. The minimum absolute atomic E-state index is 0.357. The van der Waals surface area contributed by atoms with E-state index < -0.39 is 0 Å². The Morgan fingerprint density at radius 1 is 1.27 bits per heavy atom. The second kappa shape index (κ2) is 12.0. The van der Waals surface area contributed by atoms with Gasteiger partial charge in [0.05, 0.1) is 13.2 Å². The summed E-state index contributed by atoms with van der Waals surface area (Å²) in [7, 11) is 3.41. The Bertz CT molecular complexity index is 563. The van der Waals surface area contributed by atoms with Crippen LogP contribution in [0.25, 0.3) is 0 Å². The lowest BCUT2D eigenvalue weighted by Gasteiger charge is -2.22. The van der Waals surface area contributed by atoms with Crippen molar-refractivity contribution in [2.45, 2.75) is 31.8 Å². The Morgan fingerprint density at radius 3 is 2.73 bits per heavy atom. The summed E-state index contributed by atoms with van der Waals surface area (Å²) in [6.07, 6.45) is 4.13. The van der Waals surface area contributed by atoms with E-state index in [1.807, 2.05) is 18.2 Å². The Labute approximate surface area is 161 Å². The van der Waals surface area contributed by atoms with E-state index in [0.717, 1.165) is 80.9 Å². The fraction of sp³-hybridized carbons (Fsp3) is 0.632. The van der Waals surface area contributed by atoms with Crippen LogP contribution in [0.3, 0.4) is 0 Å². The highest BCUT2D eigenvalue weighted by molar-refractivity contribution is 6.31. The van der Waals surface area contributed by atoms with Gasteiger partial charge in [0, 0.05) is 45.0 Å². The number of hydrogen-bond acceptors (Lipinski definition) is 4. The topological polar surface area (TPSA) is 64.1 Å². The molecule has 0 saturated carbocycles. The minimum atomic E-state index is 0.357. The van der Waals surface area contributed by atoms with Gasteiger partial charge < -0.3 is 24.8 Å². The number of hydrogen-bond donors (Lipinski definition) is 2. The lowest BCUT2D eigenvalue weighted by atomic mass is 10.1. The van der Waals surface area contributed by atoms with Crippen LogP contribution in [0.5, 0.6) is 5.75 Å². The number of ether oxygens (including phenoxy) is 3. The van der Waals surface area contributed by atoms with Gasteiger partial charge in [0.1, 0.15) is 5.75 Å². The van der Waals surface area contributed by atoms with Gasteiger partial charge in [-0.15, -0.1) is 0 Å². The lowest BCUT2D eigenvalue weighted by Crippen LogP contribution is -2.39. The summed E-state index contributed by atoms with van der Waals surface area (Å²) in [5, 5.41) is 7.33. The first kappa shape index (κ1) is 20.8. The van der Waals surface area contributed by atoms with Gasteiger partial charge in [0.25, 0.3) is 0 Å². The van der Waals surface area contributed by atoms with Crippen molar-refractivity contribution in [1.29, 1.82) is 0 Å². The molecule has 0 aromatic heterocycles. The van der Waals surface area contributed by atoms with Crippen LogP contribution in [0.2, 0.25) is 5.02 Å². The van der Waals surface area contributed by atoms with E-state index >= 15 is 0 Å². The number of benzene rings is 1. The van der Waals surface area contributed by atoms with Gasteiger partial charge >= 0.3 is 0 Å². The predicted octanol–water partition coefficient (Wildman–Crippen LogP) is 2.64. The van der Waals surface area contributed by atoms with Crippen molar-refractivity contribution < 1.29 is 14.2 Å². The van der Waals surface area contributed by atoms with E-state index in [1.54, 1.807) is 14.2 Å². The molecule has 1 fully saturated rings. The number of aliphatic imine (C=N–C) groups is 1. The summed E-state index contributed by atoms with van der Waals surface area (Å²) in [5.74, 6) is 1.56. The van der Waals surface area contributed by atoms with Crippen LogP contribution in [0.1, 0.15) is 24.8 Å². The number of halogens is 1. The molecule has 1 aromatic carbocycles. The molecule has 146 valence electrons. The molecule has 2 rings (SSSR count). The second-order valence-corrected chi connectivity index (χ2v) is 6.58. The van der Waals surface area contributed by atoms with E-state index in [2.05, 4.69) is 15.6 Å². The zero-order valence-electron chi connectivity index (χ0n) is 15.7. The lowest BCUT2D eigenvalue weighted by molar-refractivity contribution is -0.0320. The number of methoxy groups -OCH3 is 1. The first-order valence-electron chi connectivity index (χ1n) is 9.19. The Kier molecular flexibility index (Phi) is 9.60. The van der Waals surface area contributed by atoms with Crippen LogP contribution in [-0.4, -0.2) is 59.1 Å². The Morgan fingerprint density at radius 2 is 2.04 bits per heavy atom. The first-order valence-corrected chi connectivity index (χ1v) is 9.57. The summed E-state index contributed by atoms with van der Waals surface area (Å²) >= 11 is 6.26. The molecule has 1 aliphatic heterocycles. The van der Waals surface area contributed by atoms with Gasteiger partial charge in [-0.3, -0.25) is 4.99 Å². The summed E-state index contributed by atoms with van der Waals surface area (Å²) in [4.78, 5) is 4.24. The zero-order valence-corrected chi connectivity index (χ0v) is 16.5. The standard InChI is InChI=1S/C19H30ClN3O3/c1-21-19(22-9-3-11-26-16-7-12-25-13-8-16)23-10-6-15-4-5-17(24-2)14-18(15)20/h4-5,14,16H,3,6-13H2,1-2H3,(H2,21,22,23). The van der Waals surface area contributed by atoms with Gasteiger partial charge in [-0.1, -0.05) is 17.7 Å². The second-order valence-electron chi connectivity index (χ2n) is 6.17. The monoisotopic (exact) mass is 383 g/mol. The summed E-state index contributed by atoms with van der Waals surface area (Å²) < 4.78 is 16.4. The molecule has 0 atom stereocenters. The molecule has 1 saturated heterocycles. The average molecular weight is 384 g/mol. The molecule has 26 heavy (non-hydrogen) atoms. The average Bonchev–Trinajstić information content (AvgIpc) is 2.68. The molecule has 6 nitrogen and oxygen atoms in total. The Balaban J connectivity index is 1.58. The van der Waals surface area contributed by atoms with Gasteiger partial charge in [0.15, 0.2) is 5.96 Å². The third kappa shape index (κ3) is 7.40. The summed E-state index contributed by atoms with van der Waals surface area (Å²) in [5.41, 5.74) is 1.08. The largest absolute Gasteiger partial charge is 0.497 e. The van der Waals surface area contributed by atoms with Crippen molar-refractivity contribution in [1.82, 2.24) is 10.6 Å². The molecule has 0 amide bonds. The molecule has 0 aliphatic carbocycles. The highest BCUT2D eigenvalue weighted by Gasteiger charge is 2.13. The molecule has 1 aliphatic rings. The van der Waals surface area contributed by atoms with Crippen molar-refractivity contribution in [3.8, 4) is 5.75 Å². The van der Waals surface area contributed by atoms with E-state index in [1.165, 1.54) is 0 Å². The molecule has 1 aromatic rings. The van der Waals surface area contributed by atoms with Crippen LogP contribution in [0.15, 0.2) is 23.2 Å². The van der Waals surface area contributed by atoms with E-state index in [0.29, 0.717) is 6.10 Å². The molecular weight excluding hydrogens is 354 g/mol. The third-order valence-corrected chi connectivity index (χ3v) is 4.66. The molecule has 0 radical (unpaired) electrons. The molecule has 0 unspecified atom stereocenters. The molecule has 0 bridgehead atoms. The molecule has 7 heteroatoms. The highest BCUT2D eigenvalue weighted by atomic mass is 35.5. The van der Waals surface area contributed by atoms with E-state index in [4.69, 9.17) is 25.8 Å². The van der Waals surface area contributed by atoms with Crippen LogP contribution in [0, 0.1) is 0 Å². The van der Waals surface area contributed by atoms with E-state index in [-0.39, 0.29) is 0 Å². The van der Waals surface area contributed by atoms with Crippen LogP contribution < -0.4 is 15.4 Å². The first-order chi connectivity index (χ1) is 12.7. The highest BCUT2D eigenvalue weighted by Crippen LogP contribution is 2.22. The quantitative estimate of drug-likeness (QED) is 0.390. The maximum Gasteiger partial charge on any atom is 0.190 e. The SMILES string of the molecule is CN=C(NCCCOC1CCOCC1)NCCc1ccc(OC)cc1Cl. The number of guanidine groups is 1. The Hall–Kier alpha value is -1.50. The van der Waals surface area contributed by atoms with Gasteiger partial charge in [-0.25, -0.2) is 0 Å². The summed E-state index contributed by atoms with van der Waals surface area (Å²) in [6, 6.07) is 5.75. The van der Waals surface area contributed by atoms with Gasteiger partial charge in [-0.2, -0.15) is 0 Å². The predicted molar refractivity (Wildman–Crippen MR) is 105 cm³/mol. The fourth-order valence-corrected chi connectivity index (χ4v) is 3.03. The normalized spacial score (nSPS) is 15.7. The van der Waals surface area contributed by atoms with Crippen LogP contribution in [-0.2, 0) is 15.9 Å². The molecule has 2 N–H and O–H groups in total. The minimum Gasteiger partial charge on any atom is -0.497 e. The van der Waals surface area contributed by atoms with Crippen molar-refractivity contribution >= 4 is 17.6 Å². The molecule has 0 spiro atoms. The van der Waals surface area contributed by atoms with Crippen molar-refractivity contribution in [3.63, 3.8) is 0 Å². The fourth-order valence-electron chi connectivity index (χ4n) is 2.77. The zero-order chi connectivity index (χ0) is 18.6. The smallest absolute Gasteiger partial charge is 0.190 e. The van der Waals surface area contributed by atoms with Crippen molar-refractivity contribution in [2.75, 3.05) is 47.1 Å². The summed E-state index contributed by atoms with van der Waals surface area (Å²) in [6.45, 7) is 3.97. The number of rotatable bonds is 9. The number of nitrogens with one attached hydrogen (secondary N) is 2. The van der Waals surface area contributed by atoms with E-state index in [9.17, 15) is 0 Å². The van der Waals surface area contributed by atoms with Crippen LogP contribution >= 0.6 is 11.6 Å². The molecular formula is C19H30ClN3O3. The van der Waals surface area contributed by atoms with Crippen molar-refractivity contribution in [3.05, 3.63) is 28.8 Å². The molecule has 1 heterocycles. The van der Waals surface area contributed by atoms with Gasteiger partial charge in [0.2, 0.25) is 0 Å². The van der Waals surface area contributed by atoms with Crippen molar-refractivity contribution in [2.24, 2.45) is 4.99 Å². The van der Waals surface area contributed by atoms with Crippen LogP contribution in [0.4, 0.5) is 0 Å². The third-order valence-electron chi connectivity index (χ3n) is 4.31. The maximum absolute atomic E-state index is 6.26. The maximum atomic E-state index is 6.26.